The number of aromatic nitrogens is 1. The number of rotatable bonds is 4. The largest absolute Gasteiger partial charge is 0.477 e. The average molecular weight is 304 g/mol. The van der Waals surface area contributed by atoms with Crippen molar-refractivity contribution in [3.05, 3.63) is 64.9 Å². The van der Waals surface area contributed by atoms with Crippen LogP contribution in [0.1, 0.15) is 22.8 Å². The second kappa shape index (κ2) is 7.40. The fourth-order valence-electron chi connectivity index (χ4n) is 1.58. The molecule has 0 bridgehead atoms. The van der Waals surface area contributed by atoms with Gasteiger partial charge in [-0.15, -0.1) is 5.10 Å². The van der Waals surface area contributed by atoms with Crippen molar-refractivity contribution in [2.45, 2.75) is 6.92 Å². The van der Waals surface area contributed by atoms with Crippen LogP contribution in [0.4, 0.5) is 0 Å². The number of pyridine rings is 1. The lowest BCUT2D eigenvalue weighted by molar-refractivity contribution is 0.0953. The Bertz CT molecular complexity index is 627. The van der Waals surface area contributed by atoms with Crippen LogP contribution in [0.15, 0.2) is 53.9 Å². The number of amides is 1. The van der Waals surface area contributed by atoms with Crippen molar-refractivity contribution >= 4 is 23.4 Å². The molecule has 5 nitrogen and oxygen atoms in total. The normalized spacial score (nSPS) is 11.0. The number of hydrogen-bond acceptors (Lipinski definition) is 4. The Morgan fingerprint density at radius 2 is 1.86 bits per heavy atom. The number of hydrazone groups is 1. The third-order valence-electron chi connectivity index (χ3n) is 2.57. The third-order valence-corrected chi connectivity index (χ3v) is 2.83. The quantitative estimate of drug-likeness (QED) is 0.536. The van der Waals surface area contributed by atoms with Crippen molar-refractivity contribution in [1.29, 1.82) is 0 Å². The van der Waals surface area contributed by atoms with E-state index in [-0.39, 0.29) is 5.91 Å². The minimum atomic E-state index is -0.330. The second-order valence-corrected chi connectivity index (χ2v) is 4.47. The molecule has 21 heavy (non-hydrogen) atoms. The van der Waals surface area contributed by atoms with Crippen molar-refractivity contribution in [2.75, 3.05) is 6.61 Å². The summed E-state index contributed by atoms with van der Waals surface area (Å²) in [4.78, 5) is 15.8. The summed E-state index contributed by atoms with van der Waals surface area (Å²) in [5.74, 6) is 0.000129. The van der Waals surface area contributed by atoms with Crippen LogP contribution >= 0.6 is 11.6 Å². The molecule has 1 N–H and O–H groups in total. The lowest BCUT2D eigenvalue weighted by Gasteiger charge is -2.08. The molecule has 0 radical (unpaired) electrons. The summed E-state index contributed by atoms with van der Waals surface area (Å²) in [6.07, 6.45) is 3.09. The third kappa shape index (κ3) is 4.29. The summed E-state index contributed by atoms with van der Waals surface area (Å²) >= 11 is 5.84. The van der Waals surface area contributed by atoms with Crippen molar-refractivity contribution in [3.63, 3.8) is 0 Å². The van der Waals surface area contributed by atoms with E-state index in [1.807, 2.05) is 6.92 Å². The number of halogens is 1. The molecule has 0 atom stereocenters. The zero-order chi connectivity index (χ0) is 15.1. The van der Waals surface area contributed by atoms with E-state index >= 15 is 0 Å². The standard InChI is InChI=1S/C15H14ClN3O2/c1-2-21-15(12-3-5-13(16)6-4-12)19-18-14(20)11-7-9-17-10-8-11/h3-10H,2H2,1H3,(H,18,20)/b19-15-. The first kappa shape index (κ1) is 15.0. The topological polar surface area (TPSA) is 63.6 Å². The molecule has 0 fully saturated rings. The average Bonchev–Trinajstić information content (AvgIpc) is 2.53. The molecule has 0 unspecified atom stereocenters. The maximum atomic E-state index is 11.9. The van der Waals surface area contributed by atoms with E-state index < -0.39 is 0 Å². The summed E-state index contributed by atoms with van der Waals surface area (Å²) in [6.45, 7) is 2.28. The minimum absolute atomic E-state index is 0.330. The molecule has 1 aromatic carbocycles. The van der Waals surface area contributed by atoms with Gasteiger partial charge in [0.2, 0.25) is 5.90 Å². The van der Waals surface area contributed by atoms with Gasteiger partial charge in [0.25, 0.3) is 5.91 Å². The number of nitrogens with zero attached hydrogens (tertiary/aromatic N) is 2. The molecule has 0 aliphatic heterocycles. The SMILES string of the molecule is CCO/C(=N\NC(=O)c1ccncc1)c1ccc(Cl)cc1. The Morgan fingerprint density at radius 3 is 2.48 bits per heavy atom. The van der Waals surface area contributed by atoms with E-state index in [1.54, 1.807) is 48.8 Å². The highest BCUT2D eigenvalue weighted by Gasteiger charge is 2.07. The van der Waals surface area contributed by atoms with Crippen LogP contribution in [0.3, 0.4) is 0 Å². The smallest absolute Gasteiger partial charge is 0.271 e. The monoisotopic (exact) mass is 303 g/mol. The van der Waals surface area contributed by atoms with E-state index in [2.05, 4.69) is 15.5 Å². The molecule has 1 aromatic heterocycles. The van der Waals surface area contributed by atoms with Gasteiger partial charge in [-0.05, 0) is 43.3 Å². The van der Waals surface area contributed by atoms with Crippen molar-refractivity contribution in [3.8, 4) is 0 Å². The Labute approximate surface area is 127 Å². The Hall–Kier alpha value is -2.40. The molecule has 2 rings (SSSR count). The molecule has 2 aromatic rings. The molecule has 0 spiro atoms. The number of carbonyl (C=O) groups excluding carboxylic acids is 1. The molecule has 6 heteroatoms. The summed E-state index contributed by atoms with van der Waals surface area (Å²) in [7, 11) is 0. The number of nitrogens with one attached hydrogen (secondary N) is 1. The van der Waals surface area contributed by atoms with Gasteiger partial charge < -0.3 is 4.74 Å². The fraction of sp³-hybridized carbons (Fsp3) is 0.133. The van der Waals surface area contributed by atoms with E-state index in [9.17, 15) is 4.79 Å². The molecule has 0 aliphatic carbocycles. The molecule has 0 saturated carbocycles. The predicted octanol–water partition coefficient (Wildman–Crippen LogP) is 2.86. The Morgan fingerprint density at radius 1 is 1.19 bits per heavy atom. The molecule has 0 aliphatic rings. The van der Waals surface area contributed by atoms with Crippen molar-refractivity contribution in [2.24, 2.45) is 5.10 Å². The summed E-state index contributed by atoms with van der Waals surface area (Å²) in [6, 6.07) is 10.2. The fourth-order valence-corrected chi connectivity index (χ4v) is 1.70. The Balaban J connectivity index is 2.14. The maximum absolute atomic E-state index is 11.9. The first-order chi connectivity index (χ1) is 10.2. The van der Waals surface area contributed by atoms with E-state index in [1.165, 1.54) is 0 Å². The number of benzene rings is 1. The molecule has 0 saturated heterocycles. The van der Waals surface area contributed by atoms with Gasteiger partial charge in [-0.1, -0.05) is 11.6 Å². The summed E-state index contributed by atoms with van der Waals surface area (Å²) in [5.41, 5.74) is 3.67. The number of hydrogen-bond donors (Lipinski definition) is 1. The van der Waals surface area contributed by atoms with Gasteiger partial charge in [0, 0.05) is 28.5 Å². The van der Waals surface area contributed by atoms with Gasteiger partial charge in [0.05, 0.1) is 6.61 Å². The minimum Gasteiger partial charge on any atom is -0.477 e. The van der Waals surface area contributed by atoms with E-state index in [0.717, 1.165) is 5.56 Å². The number of carbonyl (C=O) groups is 1. The Kier molecular flexibility index (Phi) is 5.29. The van der Waals surface area contributed by atoms with Gasteiger partial charge in [0.1, 0.15) is 0 Å². The van der Waals surface area contributed by atoms with Gasteiger partial charge in [0.15, 0.2) is 0 Å². The van der Waals surface area contributed by atoms with E-state index in [0.29, 0.717) is 23.1 Å². The first-order valence-electron chi connectivity index (χ1n) is 6.37. The zero-order valence-corrected chi connectivity index (χ0v) is 12.2. The highest BCUT2D eigenvalue weighted by atomic mass is 35.5. The predicted molar refractivity (Wildman–Crippen MR) is 81.3 cm³/mol. The van der Waals surface area contributed by atoms with Crippen LogP contribution in [-0.2, 0) is 4.74 Å². The van der Waals surface area contributed by atoms with E-state index in [4.69, 9.17) is 16.3 Å². The van der Waals surface area contributed by atoms with Crippen molar-refractivity contribution in [1.82, 2.24) is 10.4 Å². The molecule has 108 valence electrons. The highest BCUT2D eigenvalue weighted by molar-refractivity contribution is 6.30. The van der Waals surface area contributed by atoms with Crippen LogP contribution in [0.2, 0.25) is 5.02 Å². The highest BCUT2D eigenvalue weighted by Crippen LogP contribution is 2.11. The van der Waals surface area contributed by atoms with Crippen LogP contribution in [-0.4, -0.2) is 23.4 Å². The second-order valence-electron chi connectivity index (χ2n) is 4.03. The zero-order valence-electron chi connectivity index (χ0n) is 11.4. The van der Waals surface area contributed by atoms with Crippen LogP contribution in [0, 0.1) is 0 Å². The van der Waals surface area contributed by atoms with Gasteiger partial charge in [-0.25, -0.2) is 5.43 Å². The van der Waals surface area contributed by atoms with Gasteiger partial charge in [-0.3, -0.25) is 9.78 Å². The van der Waals surface area contributed by atoms with Crippen LogP contribution in [0.5, 0.6) is 0 Å². The first-order valence-corrected chi connectivity index (χ1v) is 6.75. The molecule has 1 heterocycles. The van der Waals surface area contributed by atoms with Crippen molar-refractivity contribution < 1.29 is 9.53 Å². The van der Waals surface area contributed by atoms with Crippen LogP contribution in [0.25, 0.3) is 0 Å². The lowest BCUT2D eigenvalue weighted by atomic mass is 10.2. The summed E-state index contributed by atoms with van der Waals surface area (Å²) in [5, 5.41) is 4.64. The maximum Gasteiger partial charge on any atom is 0.271 e. The summed E-state index contributed by atoms with van der Waals surface area (Å²) < 4.78 is 5.43. The molecular formula is C15H14ClN3O2. The molecule has 1 amide bonds. The number of ether oxygens (including phenoxy) is 1. The van der Waals surface area contributed by atoms with Crippen LogP contribution < -0.4 is 5.43 Å². The molecular weight excluding hydrogens is 290 g/mol. The van der Waals surface area contributed by atoms with Gasteiger partial charge in [-0.2, -0.15) is 0 Å². The lowest BCUT2D eigenvalue weighted by Crippen LogP contribution is -2.21. The van der Waals surface area contributed by atoms with Gasteiger partial charge >= 0.3 is 0 Å².